The van der Waals surface area contributed by atoms with Gasteiger partial charge in [-0.1, -0.05) is 156 Å². The molecule has 0 radical (unpaired) electrons. The smallest absolute Gasteiger partial charge is 0.0546 e. The predicted octanol–water partition coefficient (Wildman–Crippen LogP) is 15.1. The van der Waals surface area contributed by atoms with Crippen molar-refractivity contribution in [2.45, 2.75) is 45.4 Å². The highest BCUT2D eigenvalue weighted by atomic mass is 32.1. The van der Waals surface area contributed by atoms with Crippen LogP contribution in [0.25, 0.3) is 64.0 Å². The largest absolute Gasteiger partial charge is 0.310 e. The van der Waals surface area contributed by atoms with Crippen LogP contribution >= 0.6 is 11.3 Å². The van der Waals surface area contributed by atoms with Crippen molar-refractivity contribution < 1.29 is 0 Å². The van der Waals surface area contributed by atoms with Crippen LogP contribution in [0.5, 0.6) is 0 Å². The Morgan fingerprint density at radius 3 is 1.89 bits per heavy atom. The maximum Gasteiger partial charge on any atom is 0.0546 e. The van der Waals surface area contributed by atoms with Crippen LogP contribution in [0.1, 0.15) is 51.3 Å². The SMILES string of the molecule is CC(C)(C)c1ccc2c(c1)sc1cc(N(c3ccc4c(c3)-c3ccccc3C4(C)C)c3ccc4ccccc4c3-c3cccc4ccccc34)ccc12. The van der Waals surface area contributed by atoms with Gasteiger partial charge in [0, 0.05) is 42.5 Å². The summed E-state index contributed by atoms with van der Waals surface area (Å²) in [4.78, 5) is 2.52. The van der Waals surface area contributed by atoms with Crippen LogP contribution in [0.15, 0.2) is 158 Å². The predicted molar refractivity (Wildman–Crippen MR) is 231 cm³/mol. The fourth-order valence-corrected chi connectivity index (χ4v) is 10.00. The first-order chi connectivity index (χ1) is 25.7. The van der Waals surface area contributed by atoms with Gasteiger partial charge in [0.05, 0.1) is 5.69 Å². The van der Waals surface area contributed by atoms with Crippen LogP contribution in [0.2, 0.25) is 0 Å². The summed E-state index contributed by atoms with van der Waals surface area (Å²) in [5.74, 6) is 0. The van der Waals surface area contributed by atoms with Crippen molar-refractivity contribution >= 4 is 70.1 Å². The molecule has 1 aliphatic carbocycles. The second kappa shape index (κ2) is 11.7. The van der Waals surface area contributed by atoms with Gasteiger partial charge in [-0.3, -0.25) is 0 Å². The molecule has 0 N–H and O–H groups in total. The summed E-state index contributed by atoms with van der Waals surface area (Å²) in [5.41, 5.74) is 12.8. The number of anilines is 3. The van der Waals surface area contributed by atoms with Gasteiger partial charge in [-0.2, -0.15) is 0 Å². The van der Waals surface area contributed by atoms with Crippen LogP contribution in [-0.4, -0.2) is 0 Å². The highest BCUT2D eigenvalue weighted by molar-refractivity contribution is 7.25. The average molecular weight is 700 g/mol. The average Bonchev–Trinajstić information content (AvgIpc) is 3.65. The molecule has 0 atom stereocenters. The molecule has 9 aromatic rings. The number of hydrogen-bond acceptors (Lipinski definition) is 2. The van der Waals surface area contributed by atoms with E-state index in [2.05, 4.69) is 197 Å². The van der Waals surface area contributed by atoms with Gasteiger partial charge in [0.25, 0.3) is 0 Å². The molecular weight excluding hydrogens is 659 g/mol. The minimum atomic E-state index is -0.0613. The molecule has 0 fully saturated rings. The molecule has 0 amide bonds. The fraction of sp³-hybridized carbons (Fsp3) is 0.137. The monoisotopic (exact) mass is 699 g/mol. The molecule has 1 heterocycles. The van der Waals surface area contributed by atoms with Crippen LogP contribution in [0.3, 0.4) is 0 Å². The first-order valence-corrected chi connectivity index (χ1v) is 19.5. The van der Waals surface area contributed by atoms with Crippen LogP contribution < -0.4 is 4.90 Å². The van der Waals surface area contributed by atoms with Crippen molar-refractivity contribution in [1.29, 1.82) is 0 Å². The van der Waals surface area contributed by atoms with Gasteiger partial charge in [0.15, 0.2) is 0 Å². The third kappa shape index (κ3) is 4.96. The second-order valence-electron chi connectivity index (χ2n) is 16.2. The van der Waals surface area contributed by atoms with Crippen molar-refractivity contribution in [3.05, 3.63) is 174 Å². The maximum absolute atomic E-state index is 2.52. The molecule has 8 aromatic carbocycles. The molecule has 0 saturated carbocycles. The Hall–Kier alpha value is -5.70. The molecule has 0 bridgehead atoms. The molecule has 10 rings (SSSR count). The lowest BCUT2D eigenvalue weighted by molar-refractivity contribution is 0.591. The van der Waals surface area contributed by atoms with Gasteiger partial charge in [-0.05, 0) is 96.7 Å². The van der Waals surface area contributed by atoms with Crippen LogP contribution in [0, 0.1) is 0 Å². The quantitative estimate of drug-likeness (QED) is 0.177. The van der Waals surface area contributed by atoms with E-state index in [4.69, 9.17) is 0 Å². The summed E-state index contributed by atoms with van der Waals surface area (Å²) in [6.07, 6.45) is 0. The number of thiophene rings is 1. The van der Waals surface area contributed by atoms with Gasteiger partial charge in [-0.15, -0.1) is 11.3 Å². The fourth-order valence-electron chi connectivity index (χ4n) is 8.82. The number of nitrogens with zero attached hydrogens (tertiary/aromatic N) is 1. The Morgan fingerprint density at radius 2 is 1.08 bits per heavy atom. The van der Waals surface area contributed by atoms with Crippen LogP contribution in [0.4, 0.5) is 17.1 Å². The summed E-state index contributed by atoms with van der Waals surface area (Å²) in [5, 5.41) is 7.62. The molecular formula is C51H41NS. The topological polar surface area (TPSA) is 3.24 Å². The molecule has 53 heavy (non-hydrogen) atoms. The molecule has 0 spiro atoms. The highest BCUT2D eigenvalue weighted by Gasteiger charge is 2.36. The third-order valence-corrected chi connectivity index (χ3v) is 12.7. The van der Waals surface area contributed by atoms with E-state index in [1.165, 1.54) is 86.3 Å². The Kier molecular flexibility index (Phi) is 7.03. The van der Waals surface area contributed by atoms with Crippen molar-refractivity contribution in [3.8, 4) is 22.3 Å². The molecule has 0 aliphatic heterocycles. The Balaban J connectivity index is 1.27. The number of hydrogen-bond donors (Lipinski definition) is 0. The van der Waals surface area contributed by atoms with Crippen molar-refractivity contribution in [1.82, 2.24) is 0 Å². The molecule has 2 heteroatoms. The van der Waals surface area contributed by atoms with Crippen molar-refractivity contribution in [2.24, 2.45) is 0 Å². The second-order valence-corrected chi connectivity index (χ2v) is 17.3. The lowest BCUT2D eigenvalue weighted by atomic mass is 9.82. The van der Waals surface area contributed by atoms with E-state index in [1.807, 2.05) is 11.3 Å². The molecule has 256 valence electrons. The van der Waals surface area contributed by atoms with Crippen molar-refractivity contribution in [2.75, 3.05) is 4.90 Å². The van der Waals surface area contributed by atoms with E-state index in [1.54, 1.807) is 0 Å². The zero-order valence-corrected chi connectivity index (χ0v) is 31.7. The third-order valence-electron chi connectivity index (χ3n) is 11.6. The number of benzene rings is 8. The van der Waals surface area contributed by atoms with E-state index in [0.717, 1.165) is 11.4 Å². The Morgan fingerprint density at radius 1 is 0.472 bits per heavy atom. The number of rotatable bonds is 4. The highest BCUT2D eigenvalue weighted by Crippen LogP contribution is 2.52. The van der Waals surface area contributed by atoms with Gasteiger partial charge in [0.1, 0.15) is 0 Å². The van der Waals surface area contributed by atoms with Gasteiger partial charge < -0.3 is 4.90 Å². The molecule has 1 aliphatic rings. The zero-order valence-electron chi connectivity index (χ0n) is 30.9. The summed E-state index contributed by atoms with van der Waals surface area (Å²) in [6, 6.07) is 59.3. The number of fused-ring (bicyclic) bond motifs is 8. The first-order valence-electron chi connectivity index (χ1n) is 18.7. The first kappa shape index (κ1) is 32.0. The van der Waals surface area contributed by atoms with E-state index in [-0.39, 0.29) is 10.8 Å². The molecule has 0 saturated heterocycles. The summed E-state index contributed by atoms with van der Waals surface area (Å²) in [7, 11) is 0. The van der Waals surface area contributed by atoms with Gasteiger partial charge in [0.2, 0.25) is 0 Å². The standard InChI is InChI=1S/C51H41NS/c1-50(2,3)34-22-25-40-41-26-23-36(31-48(41)53-47(40)29-34)52(35-24-27-45-43(30-35)39-18-10-11-20-44(39)51(45,4)5)46-28-21-33-14-7-9-17-38(33)49(46)42-19-12-15-32-13-6-8-16-37(32)42/h6-31H,1-5H3. The molecule has 0 unspecified atom stereocenters. The minimum Gasteiger partial charge on any atom is -0.310 e. The molecule has 1 nitrogen and oxygen atoms in total. The lowest BCUT2D eigenvalue weighted by Crippen LogP contribution is -2.15. The van der Waals surface area contributed by atoms with Crippen molar-refractivity contribution in [3.63, 3.8) is 0 Å². The van der Waals surface area contributed by atoms with E-state index in [0.29, 0.717) is 0 Å². The zero-order chi connectivity index (χ0) is 36.1. The van der Waals surface area contributed by atoms with Crippen LogP contribution in [-0.2, 0) is 10.8 Å². The summed E-state index contributed by atoms with van der Waals surface area (Å²) >= 11 is 1.90. The molecule has 1 aromatic heterocycles. The van der Waals surface area contributed by atoms with E-state index < -0.39 is 0 Å². The maximum atomic E-state index is 2.52. The van der Waals surface area contributed by atoms with E-state index >= 15 is 0 Å². The Labute approximate surface area is 315 Å². The summed E-state index contributed by atoms with van der Waals surface area (Å²) in [6.45, 7) is 11.6. The van der Waals surface area contributed by atoms with Gasteiger partial charge in [-0.25, -0.2) is 0 Å². The van der Waals surface area contributed by atoms with E-state index in [9.17, 15) is 0 Å². The normalized spacial score (nSPS) is 13.5. The van der Waals surface area contributed by atoms with Gasteiger partial charge >= 0.3 is 0 Å². The lowest BCUT2D eigenvalue weighted by Gasteiger charge is -2.30. The minimum absolute atomic E-state index is 0.0613. The Bertz CT molecular complexity index is 2910. The summed E-state index contributed by atoms with van der Waals surface area (Å²) < 4.78 is 2.64.